The summed E-state index contributed by atoms with van der Waals surface area (Å²) in [6.45, 7) is 6.80. The Hall–Kier alpha value is -2.54. The standard InChI is InChI=1S/C19H22ClN5O2/c1-19(2,3)27-18(26)24-9-13(10-24)15-6-17-12(5-16(15)20)7-22-25(17)14-8-21-23(4)11-14/h5-8,11,13H,9-10H2,1-4H3. The zero-order valence-electron chi connectivity index (χ0n) is 15.8. The molecule has 8 heteroatoms. The first-order valence-corrected chi connectivity index (χ1v) is 9.23. The highest BCUT2D eigenvalue weighted by atomic mass is 35.5. The molecule has 142 valence electrons. The number of rotatable bonds is 2. The molecule has 1 amide bonds. The van der Waals surface area contributed by atoms with Gasteiger partial charge in [0.1, 0.15) is 11.3 Å². The van der Waals surface area contributed by atoms with Crippen LogP contribution in [-0.2, 0) is 11.8 Å². The molecule has 0 atom stereocenters. The zero-order chi connectivity index (χ0) is 19.3. The lowest BCUT2D eigenvalue weighted by Gasteiger charge is -2.40. The molecular formula is C19H22ClN5O2. The number of likely N-dealkylation sites (tertiary alicyclic amines) is 1. The summed E-state index contributed by atoms with van der Waals surface area (Å²) in [4.78, 5) is 13.9. The van der Waals surface area contributed by atoms with Crippen LogP contribution in [-0.4, -0.2) is 49.2 Å². The van der Waals surface area contributed by atoms with Gasteiger partial charge >= 0.3 is 6.09 Å². The van der Waals surface area contributed by atoms with Crippen molar-refractivity contribution in [3.05, 3.63) is 41.3 Å². The number of halogens is 1. The lowest BCUT2D eigenvalue weighted by atomic mass is 9.91. The molecule has 1 fully saturated rings. The van der Waals surface area contributed by atoms with Crippen molar-refractivity contribution in [3.63, 3.8) is 0 Å². The fourth-order valence-electron chi connectivity index (χ4n) is 3.25. The first kappa shape index (κ1) is 17.9. The van der Waals surface area contributed by atoms with Crippen molar-refractivity contribution in [2.75, 3.05) is 13.1 Å². The third kappa shape index (κ3) is 3.39. The van der Waals surface area contributed by atoms with Crippen molar-refractivity contribution in [1.82, 2.24) is 24.5 Å². The number of aryl methyl sites for hydroxylation is 1. The number of ether oxygens (including phenoxy) is 1. The van der Waals surface area contributed by atoms with Crippen LogP contribution in [0, 0.1) is 0 Å². The summed E-state index contributed by atoms with van der Waals surface area (Å²) in [6, 6.07) is 4.00. The Kier molecular flexibility index (Phi) is 4.14. The monoisotopic (exact) mass is 387 g/mol. The van der Waals surface area contributed by atoms with E-state index in [1.807, 2.05) is 44.8 Å². The molecular weight excluding hydrogens is 366 g/mol. The van der Waals surface area contributed by atoms with Gasteiger partial charge < -0.3 is 9.64 Å². The minimum Gasteiger partial charge on any atom is -0.444 e. The Bertz CT molecular complexity index is 1010. The molecule has 2 aromatic heterocycles. The molecule has 3 heterocycles. The van der Waals surface area contributed by atoms with Gasteiger partial charge in [-0.15, -0.1) is 0 Å². The average molecular weight is 388 g/mol. The maximum Gasteiger partial charge on any atom is 0.410 e. The van der Waals surface area contributed by atoms with E-state index in [0.29, 0.717) is 18.1 Å². The van der Waals surface area contributed by atoms with Crippen molar-refractivity contribution in [2.45, 2.75) is 32.3 Å². The minimum absolute atomic E-state index is 0.187. The number of amides is 1. The third-order valence-electron chi connectivity index (χ3n) is 4.60. The molecule has 1 saturated heterocycles. The Morgan fingerprint density at radius 2 is 1.96 bits per heavy atom. The van der Waals surface area contributed by atoms with Gasteiger partial charge in [-0.2, -0.15) is 10.2 Å². The Labute approximate surface area is 162 Å². The molecule has 0 unspecified atom stereocenters. The van der Waals surface area contributed by atoms with Crippen LogP contribution in [0.3, 0.4) is 0 Å². The van der Waals surface area contributed by atoms with Crippen LogP contribution in [0.25, 0.3) is 16.6 Å². The number of nitrogens with zero attached hydrogens (tertiary/aromatic N) is 5. The SMILES string of the molecule is Cn1cc(-n2ncc3cc(Cl)c(C4CN(C(=O)OC(C)(C)C)C4)cc32)cn1. The van der Waals surface area contributed by atoms with Gasteiger partial charge in [-0.25, -0.2) is 9.48 Å². The summed E-state index contributed by atoms with van der Waals surface area (Å²) in [5.74, 6) is 0.187. The molecule has 4 rings (SSSR count). The van der Waals surface area contributed by atoms with E-state index in [-0.39, 0.29) is 12.0 Å². The smallest absolute Gasteiger partial charge is 0.410 e. The highest BCUT2D eigenvalue weighted by Gasteiger charge is 2.35. The van der Waals surface area contributed by atoms with Crippen LogP contribution >= 0.6 is 11.6 Å². The second-order valence-electron chi connectivity index (χ2n) is 7.94. The van der Waals surface area contributed by atoms with E-state index in [2.05, 4.69) is 16.3 Å². The lowest BCUT2D eigenvalue weighted by molar-refractivity contribution is 0.00821. The zero-order valence-corrected chi connectivity index (χ0v) is 16.6. The largest absolute Gasteiger partial charge is 0.444 e. The molecule has 0 N–H and O–H groups in total. The maximum absolute atomic E-state index is 12.2. The Morgan fingerprint density at radius 1 is 1.22 bits per heavy atom. The van der Waals surface area contributed by atoms with E-state index in [1.54, 1.807) is 22.0 Å². The van der Waals surface area contributed by atoms with Crippen LogP contribution in [0.1, 0.15) is 32.3 Å². The third-order valence-corrected chi connectivity index (χ3v) is 4.92. The van der Waals surface area contributed by atoms with Crippen LogP contribution < -0.4 is 0 Å². The number of aromatic nitrogens is 4. The van der Waals surface area contributed by atoms with Gasteiger partial charge in [0.15, 0.2) is 0 Å². The Morgan fingerprint density at radius 3 is 2.59 bits per heavy atom. The number of carbonyl (C=O) groups excluding carboxylic acids is 1. The number of benzene rings is 1. The number of carbonyl (C=O) groups is 1. The molecule has 1 aromatic carbocycles. The predicted octanol–water partition coefficient (Wildman–Crippen LogP) is 3.75. The van der Waals surface area contributed by atoms with Crippen LogP contribution in [0.15, 0.2) is 30.7 Å². The van der Waals surface area contributed by atoms with E-state index in [1.165, 1.54) is 0 Å². The van der Waals surface area contributed by atoms with Crippen molar-refractivity contribution in [3.8, 4) is 5.69 Å². The minimum atomic E-state index is -0.491. The van der Waals surface area contributed by atoms with Gasteiger partial charge in [-0.3, -0.25) is 4.68 Å². The second kappa shape index (κ2) is 6.27. The molecule has 0 spiro atoms. The normalized spacial score (nSPS) is 15.2. The summed E-state index contributed by atoms with van der Waals surface area (Å²) in [5.41, 5.74) is 2.40. The molecule has 0 aliphatic carbocycles. The molecule has 0 bridgehead atoms. The fourth-order valence-corrected chi connectivity index (χ4v) is 3.58. The fraction of sp³-hybridized carbons (Fsp3) is 0.421. The lowest BCUT2D eigenvalue weighted by Crippen LogP contribution is -2.50. The van der Waals surface area contributed by atoms with Gasteiger partial charge in [-0.05, 0) is 38.5 Å². The highest BCUT2D eigenvalue weighted by Crippen LogP contribution is 2.36. The highest BCUT2D eigenvalue weighted by molar-refractivity contribution is 6.32. The van der Waals surface area contributed by atoms with Gasteiger partial charge in [0.2, 0.25) is 0 Å². The topological polar surface area (TPSA) is 65.2 Å². The summed E-state index contributed by atoms with van der Waals surface area (Å²) in [6.07, 6.45) is 5.20. The quantitative estimate of drug-likeness (QED) is 0.671. The predicted molar refractivity (Wildman–Crippen MR) is 103 cm³/mol. The van der Waals surface area contributed by atoms with Crippen molar-refractivity contribution in [1.29, 1.82) is 0 Å². The van der Waals surface area contributed by atoms with E-state index >= 15 is 0 Å². The Balaban J connectivity index is 1.58. The summed E-state index contributed by atoms with van der Waals surface area (Å²) in [7, 11) is 1.87. The molecule has 1 aliphatic rings. The second-order valence-corrected chi connectivity index (χ2v) is 8.35. The summed E-state index contributed by atoms with van der Waals surface area (Å²) >= 11 is 6.52. The van der Waals surface area contributed by atoms with Crippen molar-refractivity contribution in [2.24, 2.45) is 7.05 Å². The molecule has 3 aromatic rings. The van der Waals surface area contributed by atoms with Crippen LogP contribution in [0.2, 0.25) is 5.02 Å². The maximum atomic E-state index is 12.2. The molecule has 1 aliphatic heterocycles. The van der Waals surface area contributed by atoms with Gasteiger partial charge in [0.25, 0.3) is 0 Å². The first-order valence-electron chi connectivity index (χ1n) is 8.85. The van der Waals surface area contributed by atoms with Crippen LogP contribution in [0.5, 0.6) is 0 Å². The van der Waals surface area contributed by atoms with Crippen molar-refractivity contribution < 1.29 is 9.53 Å². The molecule has 7 nitrogen and oxygen atoms in total. The number of hydrogen-bond acceptors (Lipinski definition) is 4. The van der Waals surface area contributed by atoms with E-state index < -0.39 is 5.60 Å². The van der Waals surface area contributed by atoms with Crippen molar-refractivity contribution >= 4 is 28.6 Å². The van der Waals surface area contributed by atoms with Gasteiger partial charge in [-0.1, -0.05) is 11.6 Å². The average Bonchev–Trinajstić information content (AvgIpc) is 3.10. The van der Waals surface area contributed by atoms with Gasteiger partial charge in [0.05, 0.1) is 24.1 Å². The molecule has 27 heavy (non-hydrogen) atoms. The summed E-state index contributed by atoms with van der Waals surface area (Å²) < 4.78 is 9.02. The number of fused-ring (bicyclic) bond motifs is 1. The first-order chi connectivity index (χ1) is 12.7. The summed E-state index contributed by atoms with van der Waals surface area (Å²) in [5, 5.41) is 10.3. The molecule has 0 saturated carbocycles. The molecule has 0 radical (unpaired) electrons. The van der Waals surface area contributed by atoms with E-state index in [0.717, 1.165) is 22.2 Å². The van der Waals surface area contributed by atoms with E-state index in [9.17, 15) is 4.79 Å². The number of hydrogen-bond donors (Lipinski definition) is 0. The van der Waals surface area contributed by atoms with E-state index in [4.69, 9.17) is 16.3 Å². The van der Waals surface area contributed by atoms with Crippen LogP contribution in [0.4, 0.5) is 4.79 Å². The van der Waals surface area contributed by atoms with Gasteiger partial charge in [0, 0.05) is 36.5 Å².